The van der Waals surface area contributed by atoms with Crippen LogP contribution in [0.1, 0.15) is 20.8 Å². The first-order chi connectivity index (χ1) is 7.58. The number of benzene rings is 1. The molecular weight excluding hydrogens is 220 g/mol. The summed E-state index contributed by atoms with van der Waals surface area (Å²) in [5, 5.41) is 1.18. The first kappa shape index (κ1) is 11.3. The van der Waals surface area contributed by atoms with Crippen LogP contribution >= 0.6 is 11.8 Å². The highest BCUT2D eigenvalue weighted by Crippen LogP contribution is 2.31. The second-order valence-electron chi connectivity index (χ2n) is 4.24. The molecule has 0 radical (unpaired) electrons. The number of nitrogens with two attached hydrogens (primary N) is 1. The van der Waals surface area contributed by atoms with Crippen molar-refractivity contribution in [3.63, 3.8) is 0 Å². The van der Waals surface area contributed by atoms with Crippen molar-refractivity contribution in [3.8, 4) is 0 Å². The van der Waals surface area contributed by atoms with Gasteiger partial charge in [-0.1, -0.05) is 38.6 Å². The lowest BCUT2D eigenvalue weighted by Gasteiger charge is -2.11. The van der Waals surface area contributed by atoms with Crippen LogP contribution in [0.2, 0.25) is 0 Å². The third-order valence-electron chi connectivity index (χ3n) is 2.66. The summed E-state index contributed by atoms with van der Waals surface area (Å²) < 4.78 is 5.64. The van der Waals surface area contributed by atoms with Crippen molar-refractivity contribution in [2.24, 2.45) is 5.92 Å². The molecule has 3 nitrogen and oxygen atoms in total. The summed E-state index contributed by atoms with van der Waals surface area (Å²) in [6.07, 6.45) is 0. The van der Waals surface area contributed by atoms with E-state index in [1.54, 1.807) is 11.8 Å². The highest BCUT2D eigenvalue weighted by Gasteiger charge is 2.14. The van der Waals surface area contributed by atoms with Gasteiger partial charge in [0.1, 0.15) is 5.52 Å². The number of para-hydroxylation sites is 1. The fourth-order valence-electron chi connectivity index (χ4n) is 1.29. The van der Waals surface area contributed by atoms with Crippen molar-refractivity contribution in [1.82, 2.24) is 4.98 Å². The van der Waals surface area contributed by atoms with E-state index in [1.807, 2.05) is 18.2 Å². The number of hydrogen-bond donors (Lipinski definition) is 1. The zero-order valence-corrected chi connectivity index (χ0v) is 10.5. The number of anilines is 1. The number of hydrogen-bond acceptors (Lipinski definition) is 4. The van der Waals surface area contributed by atoms with E-state index in [1.165, 1.54) is 0 Å². The van der Waals surface area contributed by atoms with Crippen molar-refractivity contribution >= 4 is 28.5 Å². The number of nitrogen functional groups attached to an aromatic ring is 1. The average Bonchev–Trinajstić information content (AvgIpc) is 2.61. The molecular formula is C12H16N2OS. The zero-order chi connectivity index (χ0) is 11.7. The average molecular weight is 236 g/mol. The van der Waals surface area contributed by atoms with Crippen molar-refractivity contribution in [3.05, 3.63) is 18.2 Å². The Morgan fingerprint density at radius 2 is 2.06 bits per heavy atom. The Balaban J connectivity index is 2.30. The quantitative estimate of drug-likeness (QED) is 0.654. The Morgan fingerprint density at radius 1 is 1.31 bits per heavy atom. The Hall–Kier alpha value is -1.16. The van der Waals surface area contributed by atoms with Crippen molar-refractivity contribution in [2.75, 3.05) is 5.73 Å². The molecule has 0 saturated carbocycles. The van der Waals surface area contributed by atoms with Gasteiger partial charge in [-0.3, -0.25) is 0 Å². The fraction of sp³-hybridized carbons (Fsp3) is 0.417. The van der Waals surface area contributed by atoms with Crippen LogP contribution in [0.5, 0.6) is 0 Å². The summed E-state index contributed by atoms with van der Waals surface area (Å²) in [4.78, 5) is 4.41. The number of fused-ring (bicyclic) bond motifs is 1. The molecule has 2 N–H and O–H groups in total. The van der Waals surface area contributed by atoms with Crippen LogP contribution in [0, 0.1) is 5.92 Å². The molecule has 0 aliphatic rings. The van der Waals surface area contributed by atoms with E-state index in [4.69, 9.17) is 10.2 Å². The van der Waals surface area contributed by atoms with Gasteiger partial charge in [-0.05, 0) is 18.1 Å². The van der Waals surface area contributed by atoms with Crippen LogP contribution < -0.4 is 5.73 Å². The van der Waals surface area contributed by atoms with Crippen LogP contribution in [0.15, 0.2) is 27.8 Å². The van der Waals surface area contributed by atoms with E-state index in [0.29, 0.717) is 22.1 Å². The molecule has 2 rings (SSSR count). The number of thioether (sulfide) groups is 1. The molecule has 16 heavy (non-hydrogen) atoms. The predicted molar refractivity (Wildman–Crippen MR) is 68.6 cm³/mol. The highest BCUT2D eigenvalue weighted by atomic mass is 32.2. The van der Waals surface area contributed by atoms with Crippen LogP contribution in [0.4, 0.5) is 5.69 Å². The molecule has 0 saturated heterocycles. The molecule has 0 aliphatic carbocycles. The maximum atomic E-state index is 5.83. The first-order valence-corrected chi connectivity index (χ1v) is 6.27. The van der Waals surface area contributed by atoms with Gasteiger partial charge in [-0.25, -0.2) is 4.98 Å². The number of rotatable bonds is 3. The van der Waals surface area contributed by atoms with Crippen molar-refractivity contribution < 1.29 is 4.42 Å². The molecule has 1 atom stereocenters. The fourth-order valence-corrected chi connectivity index (χ4v) is 2.17. The minimum absolute atomic E-state index is 0.481. The molecule has 86 valence electrons. The van der Waals surface area contributed by atoms with E-state index in [-0.39, 0.29) is 0 Å². The molecule has 0 aliphatic heterocycles. The molecule has 1 aromatic carbocycles. The zero-order valence-electron chi connectivity index (χ0n) is 9.73. The van der Waals surface area contributed by atoms with E-state index in [2.05, 4.69) is 25.8 Å². The van der Waals surface area contributed by atoms with Crippen LogP contribution in [-0.4, -0.2) is 10.2 Å². The molecule has 1 unspecified atom stereocenters. The molecule has 0 fully saturated rings. The molecule has 0 bridgehead atoms. The van der Waals surface area contributed by atoms with Crippen molar-refractivity contribution in [1.29, 1.82) is 0 Å². The van der Waals surface area contributed by atoms with Gasteiger partial charge < -0.3 is 10.2 Å². The van der Waals surface area contributed by atoms with Crippen LogP contribution in [0.3, 0.4) is 0 Å². The smallest absolute Gasteiger partial charge is 0.257 e. The van der Waals surface area contributed by atoms with E-state index < -0.39 is 0 Å². The summed E-state index contributed by atoms with van der Waals surface area (Å²) in [5.74, 6) is 0.595. The molecule has 0 spiro atoms. The van der Waals surface area contributed by atoms with E-state index >= 15 is 0 Å². The number of nitrogens with zero attached hydrogens (tertiary/aromatic N) is 1. The largest absolute Gasteiger partial charge is 0.431 e. The second kappa shape index (κ2) is 4.37. The monoisotopic (exact) mass is 236 g/mol. The first-order valence-electron chi connectivity index (χ1n) is 5.39. The van der Waals surface area contributed by atoms with Gasteiger partial charge in [0.05, 0.1) is 5.69 Å². The lowest BCUT2D eigenvalue weighted by atomic mass is 10.2. The molecule has 4 heteroatoms. The summed E-state index contributed by atoms with van der Waals surface area (Å²) in [6.45, 7) is 6.55. The van der Waals surface area contributed by atoms with Crippen LogP contribution in [0.25, 0.3) is 11.1 Å². The number of aromatic nitrogens is 1. The topological polar surface area (TPSA) is 52.0 Å². The maximum absolute atomic E-state index is 5.83. The summed E-state index contributed by atoms with van der Waals surface area (Å²) in [5.41, 5.74) is 8.03. The van der Waals surface area contributed by atoms with Gasteiger partial charge in [-0.15, -0.1) is 0 Å². The highest BCUT2D eigenvalue weighted by molar-refractivity contribution is 7.99. The number of oxazole rings is 1. The lowest BCUT2D eigenvalue weighted by Crippen LogP contribution is -2.04. The van der Waals surface area contributed by atoms with Crippen LogP contribution in [-0.2, 0) is 0 Å². The Morgan fingerprint density at radius 3 is 2.69 bits per heavy atom. The molecule has 2 aromatic rings. The lowest BCUT2D eigenvalue weighted by molar-refractivity contribution is 0.485. The van der Waals surface area contributed by atoms with E-state index in [9.17, 15) is 0 Å². The van der Waals surface area contributed by atoms with Gasteiger partial charge in [0, 0.05) is 5.25 Å². The predicted octanol–water partition coefficient (Wildman–Crippen LogP) is 3.55. The second-order valence-corrected chi connectivity index (χ2v) is 5.57. The maximum Gasteiger partial charge on any atom is 0.257 e. The third-order valence-corrected chi connectivity index (χ3v) is 3.95. The van der Waals surface area contributed by atoms with Crippen molar-refractivity contribution in [2.45, 2.75) is 31.2 Å². The Labute approximate surface area is 99.4 Å². The minimum atomic E-state index is 0.481. The van der Waals surface area contributed by atoms with Gasteiger partial charge in [0.2, 0.25) is 0 Å². The minimum Gasteiger partial charge on any atom is -0.431 e. The molecule has 1 aromatic heterocycles. The van der Waals surface area contributed by atoms with Gasteiger partial charge in [0.25, 0.3) is 5.22 Å². The molecule has 1 heterocycles. The Bertz CT molecular complexity index is 493. The third kappa shape index (κ3) is 2.16. The van der Waals surface area contributed by atoms with Gasteiger partial charge in [0.15, 0.2) is 5.58 Å². The SMILES string of the molecule is CC(C)C(C)Sc1nc2c(N)cccc2o1. The summed E-state index contributed by atoms with van der Waals surface area (Å²) >= 11 is 1.65. The standard InChI is InChI=1S/C12H16N2OS/c1-7(2)8(3)16-12-14-11-9(13)5-4-6-10(11)15-12/h4-8H,13H2,1-3H3. The van der Waals surface area contributed by atoms with Gasteiger partial charge >= 0.3 is 0 Å². The molecule has 0 amide bonds. The normalized spacial score (nSPS) is 13.5. The Kier molecular flexibility index (Phi) is 3.10. The van der Waals surface area contributed by atoms with E-state index in [0.717, 1.165) is 11.1 Å². The van der Waals surface area contributed by atoms with Gasteiger partial charge in [-0.2, -0.15) is 0 Å². The summed E-state index contributed by atoms with van der Waals surface area (Å²) in [6, 6.07) is 5.61. The summed E-state index contributed by atoms with van der Waals surface area (Å²) in [7, 11) is 0.